The summed E-state index contributed by atoms with van der Waals surface area (Å²) in [5.74, 6) is 1.14. The minimum atomic E-state index is -0.0939. The van der Waals surface area contributed by atoms with Gasteiger partial charge in [-0.15, -0.1) is 0 Å². The average molecular weight is 287 g/mol. The zero-order valence-corrected chi connectivity index (χ0v) is 12.1. The number of carbonyl (C=O) groups is 1. The van der Waals surface area contributed by atoms with Crippen molar-refractivity contribution < 1.29 is 4.79 Å². The molecule has 21 heavy (non-hydrogen) atoms. The van der Waals surface area contributed by atoms with Gasteiger partial charge in [-0.25, -0.2) is 9.67 Å². The van der Waals surface area contributed by atoms with Gasteiger partial charge in [0, 0.05) is 19.3 Å². The molecule has 112 valence electrons. The van der Waals surface area contributed by atoms with Crippen molar-refractivity contribution in [1.82, 2.24) is 20.4 Å². The third-order valence-corrected chi connectivity index (χ3v) is 3.73. The third kappa shape index (κ3) is 3.71. The van der Waals surface area contributed by atoms with Gasteiger partial charge < -0.3 is 10.6 Å². The molecule has 6 heteroatoms. The topological polar surface area (TPSA) is 71.3 Å². The Morgan fingerprint density at radius 2 is 2.33 bits per heavy atom. The molecule has 1 aromatic rings. The van der Waals surface area contributed by atoms with Crippen molar-refractivity contribution in [2.75, 3.05) is 13.1 Å². The van der Waals surface area contributed by atoms with E-state index in [-0.39, 0.29) is 5.91 Å². The van der Waals surface area contributed by atoms with Gasteiger partial charge in [-0.05, 0) is 38.0 Å². The summed E-state index contributed by atoms with van der Waals surface area (Å²) in [7, 11) is 0. The Bertz CT molecular complexity index is 556. The normalized spacial score (nSPS) is 21.5. The lowest BCUT2D eigenvalue weighted by Gasteiger charge is -2.04. The summed E-state index contributed by atoms with van der Waals surface area (Å²) >= 11 is 0. The molecule has 1 fully saturated rings. The summed E-state index contributed by atoms with van der Waals surface area (Å²) in [5, 5.41) is 10.4. The number of nitrogens with zero attached hydrogens (tertiary/aromatic N) is 3. The minimum absolute atomic E-state index is 0.0939. The minimum Gasteiger partial charge on any atom is -0.376 e. The Kier molecular flexibility index (Phi) is 4.33. The maximum atomic E-state index is 12.2. The van der Waals surface area contributed by atoms with E-state index < -0.39 is 0 Å². The van der Waals surface area contributed by atoms with Crippen molar-refractivity contribution in [2.45, 2.75) is 32.1 Å². The van der Waals surface area contributed by atoms with Crippen LogP contribution in [0, 0.1) is 5.92 Å². The lowest BCUT2D eigenvalue weighted by molar-refractivity contribution is 0.0952. The maximum absolute atomic E-state index is 12.2. The first kappa shape index (κ1) is 13.9. The van der Waals surface area contributed by atoms with Gasteiger partial charge in [-0.2, -0.15) is 5.10 Å². The first-order chi connectivity index (χ1) is 10.3. The highest BCUT2D eigenvalue weighted by Gasteiger charge is 2.23. The van der Waals surface area contributed by atoms with Crippen LogP contribution in [0.1, 0.15) is 42.5 Å². The summed E-state index contributed by atoms with van der Waals surface area (Å²) < 4.78 is 1.66. The van der Waals surface area contributed by atoms with Crippen molar-refractivity contribution in [2.24, 2.45) is 10.9 Å². The first-order valence-corrected chi connectivity index (χ1v) is 7.63. The second kappa shape index (κ2) is 6.56. The van der Waals surface area contributed by atoms with E-state index >= 15 is 0 Å². The number of rotatable bonds is 3. The van der Waals surface area contributed by atoms with Gasteiger partial charge in [0.25, 0.3) is 5.91 Å². The maximum Gasteiger partial charge on any atom is 0.256 e. The Morgan fingerprint density at radius 1 is 1.43 bits per heavy atom. The number of carbonyl (C=O) groups excluding carboxylic acids is 1. The number of hydrogen-bond acceptors (Lipinski definition) is 4. The van der Waals surface area contributed by atoms with E-state index in [0.717, 1.165) is 32.4 Å². The summed E-state index contributed by atoms with van der Waals surface area (Å²) in [6.07, 6.45) is 12.9. The fraction of sp³-hybridized carbons (Fsp3) is 0.533. The van der Waals surface area contributed by atoms with E-state index in [1.807, 2.05) is 6.20 Å². The Labute approximate surface area is 124 Å². The van der Waals surface area contributed by atoms with Crippen LogP contribution in [0.4, 0.5) is 5.82 Å². The Hall–Kier alpha value is -2.11. The molecular formula is C15H21N5O. The van der Waals surface area contributed by atoms with Gasteiger partial charge in [-0.3, -0.25) is 4.79 Å². The fourth-order valence-electron chi connectivity index (χ4n) is 2.24. The lowest BCUT2D eigenvalue weighted by Crippen LogP contribution is -2.25. The highest BCUT2D eigenvalue weighted by molar-refractivity contribution is 5.98. The molecule has 1 amide bonds. The Balaban J connectivity index is 1.78. The standard InChI is InChI=1S/C15H21N5O/c21-15(17-9-12-5-6-12)13-10-19-20-8-4-2-1-3-7-16-11-18-14(13)20/h4,8,10-12H,1-3,5-7,9H2,(H,16,18)(H,17,21)/b8-4-. The lowest BCUT2D eigenvalue weighted by atomic mass is 10.2. The summed E-state index contributed by atoms with van der Waals surface area (Å²) in [4.78, 5) is 16.6. The van der Waals surface area contributed by atoms with Gasteiger partial charge in [0.05, 0.1) is 12.5 Å². The summed E-state index contributed by atoms with van der Waals surface area (Å²) in [6.45, 7) is 1.65. The van der Waals surface area contributed by atoms with Crippen LogP contribution in [0.25, 0.3) is 6.20 Å². The molecule has 0 aromatic carbocycles. The van der Waals surface area contributed by atoms with Gasteiger partial charge >= 0.3 is 0 Å². The molecule has 6 nitrogen and oxygen atoms in total. The van der Waals surface area contributed by atoms with Crippen LogP contribution in [-0.2, 0) is 0 Å². The van der Waals surface area contributed by atoms with E-state index in [1.54, 1.807) is 17.2 Å². The van der Waals surface area contributed by atoms with E-state index in [1.165, 1.54) is 12.8 Å². The zero-order valence-electron chi connectivity index (χ0n) is 12.1. The average Bonchev–Trinajstić information content (AvgIpc) is 3.24. The molecule has 2 heterocycles. The highest BCUT2D eigenvalue weighted by atomic mass is 16.1. The van der Waals surface area contributed by atoms with Gasteiger partial charge in [0.2, 0.25) is 0 Å². The molecule has 2 aliphatic rings. The van der Waals surface area contributed by atoms with E-state index in [0.29, 0.717) is 17.3 Å². The summed E-state index contributed by atoms with van der Waals surface area (Å²) in [5.41, 5.74) is 0.526. The number of aromatic nitrogens is 2. The molecule has 3 rings (SSSR count). The predicted octanol–water partition coefficient (Wildman–Crippen LogP) is 1.93. The molecule has 0 atom stereocenters. The molecule has 2 N–H and O–H groups in total. The molecule has 1 aliphatic carbocycles. The first-order valence-electron chi connectivity index (χ1n) is 7.63. The third-order valence-electron chi connectivity index (χ3n) is 3.73. The Morgan fingerprint density at radius 3 is 3.19 bits per heavy atom. The van der Waals surface area contributed by atoms with E-state index in [4.69, 9.17) is 0 Å². The fourth-order valence-corrected chi connectivity index (χ4v) is 2.24. The molecule has 0 bridgehead atoms. The van der Waals surface area contributed by atoms with Crippen LogP contribution in [0.5, 0.6) is 0 Å². The number of amides is 1. The van der Waals surface area contributed by atoms with Crippen LogP contribution in [0.15, 0.2) is 17.3 Å². The van der Waals surface area contributed by atoms with Crippen molar-refractivity contribution in [1.29, 1.82) is 0 Å². The van der Waals surface area contributed by atoms with E-state index in [9.17, 15) is 4.79 Å². The second-order valence-electron chi connectivity index (χ2n) is 5.57. The second-order valence-corrected chi connectivity index (χ2v) is 5.57. The molecule has 0 radical (unpaired) electrons. The van der Waals surface area contributed by atoms with Crippen molar-refractivity contribution in [3.8, 4) is 0 Å². The van der Waals surface area contributed by atoms with Crippen molar-refractivity contribution in [3.05, 3.63) is 17.8 Å². The molecule has 1 aliphatic heterocycles. The number of allylic oxidation sites excluding steroid dienone is 1. The molecule has 0 saturated heterocycles. The molecule has 1 saturated carbocycles. The van der Waals surface area contributed by atoms with Gasteiger partial charge in [0.15, 0.2) is 5.82 Å². The monoisotopic (exact) mass is 287 g/mol. The molecule has 0 unspecified atom stereocenters. The zero-order chi connectivity index (χ0) is 14.5. The highest BCUT2D eigenvalue weighted by Crippen LogP contribution is 2.28. The number of fused-ring (bicyclic) bond motifs is 1. The molecular weight excluding hydrogens is 266 g/mol. The number of nitrogens with one attached hydrogen (secondary N) is 2. The van der Waals surface area contributed by atoms with Crippen LogP contribution in [0.2, 0.25) is 0 Å². The van der Waals surface area contributed by atoms with Crippen molar-refractivity contribution >= 4 is 24.3 Å². The quantitative estimate of drug-likeness (QED) is 0.892. The van der Waals surface area contributed by atoms with Crippen LogP contribution >= 0.6 is 0 Å². The van der Waals surface area contributed by atoms with Crippen molar-refractivity contribution in [3.63, 3.8) is 0 Å². The smallest absolute Gasteiger partial charge is 0.256 e. The van der Waals surface area contributed by atoms with Crippen LogP contribution < -0.4 is 10.6 Å². The van der Waals surface area contributed by atoms with E-state index in [2.05, 4.69) is 26.8 Å². The SMILES string of the molecule is O=C(NCC1CC1)c1cnn2c1/N=C/NCCCC/C=C\2. The number of hydrogen-bond donors (Lipinski definition) is 2. The van der Waals surface area contributed by atoms with Crippen LogP contribution in [0.3, 0.4) is 0 Å². The van der Waals surface area contributed by atoms with Gasteiger partial charge in [0.1, 0.15) is 5.56 Å². The predicted molar refractivity (Wildman–Crippen MR) is 82.6 cm³/mol. The number of aliphatic imine (C=N–C) groups is 1. The van der Waals surface area contributed by atoms with Gasteiger partial charge in [-0.1, -0.05) is 6.08 Å². The largest absolute Gasteiger partial charge is 0.376 e. The molecule has 1 aromatic heterocycles. The summed E-state index contributed by atoms with van der Waals surface area (Å²) in [6, 6.07) is 0. The molecule has 0 spiro atoms. The van der Waals surface area contributed by atoms with Crippen LogP contribution in [-0.4, -0.2) is 35.1 Å².